The van der Waals surface area contributed by atoms with Gasteiger partial charge in [0, 0.05) is 10.9 Å². The number of halogens is 1. The number of rotatable bonds is 3. The SMILES string of the molecule is Cc1scnc1C(=O)Nc1ccc(N2C(=O)c3ccccc3C2=O)cc1F. The predicted molar refractivity (Wildman–Crippen MR) is 98.8 cm³/mol. The average Bonchev–Trinajstić information content (AvgIpc) is 3.19. The van der Waals surface area contributed by atoms with E-state index in [9.17, 15) is 18.8 Å². The number of nitrogens with zero attached hydrogens (tertiary/aromatic N) is 2. The summed E-state index contributed by atoms with van der Waals surface area (Å²) in [5.41, 5.74) is 2.35. The Morgan fingerprint density at radius 3 is 2.33 bits per heavy atom. The Morgan fingerprint density at radius 1 is 1.11 bits per heavy atom. The van der Waals surface area contributed by atoms with Gasteiger partial charge < -0.3 is 5.32 Å². The van der Waals surface area contributed by atoms with Crippen LogP contribution in [0.2, 0.25) is 0 Å². The van der Waals surface area contributed by atoms with Crippen LogP contribution >= 0.6 is 11.3 Å². The molecular formula is C19H12FN3O3S. The first kappa shape index (κ1) is 17.0. The molecule has 4 rings (SSSR count). The molecule has 3 amide bonds. The van der Waals surface area contributed by atoms with Crippen molar-refractivity contribution in [2.75, 3.05) is 10.2 Å². The Bertz CT molecular complexity index is 1070. The summed E-state index contributed by atoms with van der Waals surface area (Å²) in [5, 5.41) is 2.45. The van der Waals surface area contributed by atoms with Crippen LogP contribution in [-0.4, -0.2) is 22.7 Å². The molecule has 0 saturated carbocycles. The summed E-state index contributed by atoms with van der Waals surface area (Å²) in [6.45, 7) is 1.74. The standard InChI is InChI=1S/C19H12FN3O3S/c1-10-16(21-9-27-10)17(24)22-15-7-6-11(8-14(15)20)23-18(25)12-4-2-3-5-13(12)19(23)26/h2-9H,1H3,(H,22,24). The number of carbonyl (C=O) groups is 3. The molecule has 2 aromatic carbocycles. The van der Waals surface area contributed by atoms with Gasteiger partial charge in [-0.2, -0.15) is 0 Å². The number of hydrogen-bond acceptors (Lipinski definition) is 5. The van der Waals surface area contributed by atoms with Crippen molar-refractivity contribution in [1.29, 1.82) is 0 Å². The van der Waals surface area contributed by atoms with Gasteiger partial charge in [0.1, 0.15) is 11.5 Å². The van der Waals surface area contributed by atoms with E-state index in [0.717, 1.165) is 15.8 Å². The van der Waals surface area contributed by atoms with E-state index in [0.29, 0.717) is 0 Å². The smallest absolute Gasteiger partial charge is 0.275 e. The number of fused-ring (bicyclic) bond motifs is 1. The van der Waals surface area contributed by atoms with E-state index < -0.39 is 23.5 Å². The number of benzene rings is 2. The molecule has 6 nitrogen and oxygen atoms in total. The molecule has 0 saturated heterocycles. The van der Waals surface area contributed by atoms with Crippen LogP contribution in [0.15, 0.2) is 48.0 Å². The van der Waals surface area contributed by atoms with Gasteiger partial charge in [0.15, 0.2) is 0 Å². The van der Waals surface area contributed by atoms with E-state index in [1.54, 1.807) is 31.2 Å². The average molecular weight is 381 g/mol. The molecule has 0 atom stereocenters. The van der Waals surface area contributed by atoms with Crippen molar-refractivity contribution in [2.24, 2.45) is 0 Å². The quantitative estimate of drug-likeness (QED) is 0.703. The van der Waals surface area contributed by atoms with Crippen molar-refractivity contribution in [1.82, 2.24) is 4.98 Å². The van der Waals surface area contributed by atoms with Crippen LogP contribution in [0.1, 0.15) is 36.1 Å². The van der Waals surface area contributed by atoms with Crippen LogP contribution in [0.4, 0.5) is 15.8 Å². The van der Waals surface area contributed by atoms with E-state index >= 15 is 0 Å². The Kier molecular flexibility index (Phi) is 4.04. The molecule has 0 unspecified atom stereocenters. The Hall–Kier alpha value is -3.39. The van der Waals surface area contributed by atoms with Gasteiger partial charge in [-0.1, -0.05) is 12.1 Å². The summed E-state index contributed by atoms with van der Waals surface area (Å²) in [7, 11) is 0. The molecule has 134 valence electrons. The molecule has 1 aliphatic heterocycles. The monoisotopic (exact) mass is 381 g/mol. The Morgan fingerprint density at radius 2 is 1.78 bits per heavy atom. The van der Waals surface area contributed by atoms with Crippen LogP contribution in [0.5, 0.6) is 0 Å². The molecule has 2 heterocycles. The molecule has 1 N–H and O–H groups in total. The second-order valence-corrected chi connectivity index (χ2v) is 6.93. The number of aromatic nitrogens is 1. The van der Waals surface area contributed by atoms with Crippen molar-refractivity contribution in [2.45, 2.75) is 6.92 Å². The van der Waals surface area contributed by atoms with Crippen LogP contribution in [-0.2, 0) is 0 Å². The van der Waals surface area contributed by atoms with Gasteiger partial charge in [-0.25, -0.2) is 14.3 Å². The molecule has 0 radical (unpaired) electrons. The zero-order chi connectivity index (χ0) is 19.1. The van der Waals surface area contributed by atoms with Crippen molar-refractivity contribution in [3.8, 4) is 0 Å². The minimum atomic E-state index is -0.759. The predicted octanol–water partition coefficient (Wildman–Crippen LogP) is 3.64. The summed E-state index contributed by atoms with van der Waals surface area (Å²) in [5.74, 6) is -2.30. The highest BCUT2D eigenvalue weighted by Crippen LogP contribution is 2.30. The van der Waals surface area contributed by atoms with E-state index in [1.165, 1.54) is 29.0 Å². The number of aryl methyl sites for hydroxylation is 1. The number of nitrogens with one attached hydrogen (secondary N) is 1. The molecule has 1 aliphatic rings. The van der Waals surface area contributed by atoms with Crippen molar-refractivity contribution >= 4 is 40.4 Å². The second kappa shape index (κ2) is 6.40. The first-order valence-corrected chi connectivity index (χ1v) is 8.84. The summed E-state index contributed by atoms with van der Waals surface area (Å²) < 4.78 is 14.5. The summed E-state index contributed by atoms with van der Waals surface area (Å²) >= 11 is 1.31. The molecular weight excluding hydrogens is 369 g/mol. The lowest BCUT2D eigenvalue weighted by atomic mass is 10.1. The van der Waals surface area contributed by atoms with Crippen LogP contribution < -0.4 is 10.2 Å². The number of thiazole rings is 1. The van der Waals surface area contributed by atoms with E-state index in [4.69, 9.17) is 0 Å². The summed E-state index contributed by atoms with van der Waals surface area (Å²) in [6.07, 6.45) is 0. The van der Waals surface area contributed by atoms with Gasteiger partial charge in [0.25, 0.3) is 17.7 Å². The minimum absolute atomic E-state index is 0.0623. The number of hydrogen-bond donors (Lipinski definition) is 1. The fourth-order valence-electron chi connectivity index (χ4n) is 2.87. The van der Waals surface area contributed by atoms with Crippen molar-refractivity contribution in [3.05, 3.63) is 75.5 Å². The van der Waals surface area contributed by atoms with Gasteiger partial charge in [0.2, 0.25) is 0 Å². The second-order valence-electron chi connectivity index (χ2n) is 5.87. The third kappa shape index (κ3) is 2.80. The first-order chi connectivity index (χ1) is 13.0. The molecule has 0 bridgehead atoms. The van der Waals surface area contributed by atoms with E-state index in [-0.39, 0.29) is 28.2 Å². The fourth-order valence-corrected chi connectivity index (χ4v) is 3.45. The maximum atomic E-state index is 14.5. The fraction of sp³-hybridized carbons (Fsp3) is 0.0526. The number of imide groups is 1. The lowest BCUT2D eigenvalue weighted by Crippen LogP contribution is -2.29. The zero-order valence-corrected chi connectivity index (χ0v) is 14.8. The van der Waals surface area contributed by atoms with Crippen LogP contribution in [0, 0.1) is 12.7 Å². The highest BCUT2D eigenvalue weighted by atomic mass is 32.1. The highest BCUT2D eigenvalue weighted by molar-refractivity contribution is 7.09. The molecule has 0 fully saturated rings. The summed E-state index contributed by atoms with van der Waals surface area (Å²) in [6, 6.07) is 10.2. The van der Waals surface area contributed by atoms with Gasteiger partial charge in [-0.15, -0.1) is 11.3 Å². The summed E-state index contributed by atoms with van der Waals surface area (Å²) in [4.78, 5) is 42.7. The minimum Gasteiger partial charge on any atom is -0.318 e. The molecule has 1 aromatic heterocycles. The van der Waals surface area contributed by atoms with Gasteiger partial charge in [-0.3, -0.25) is 14.4 Å². The van der Waals surface area contributed by atoms with Gasteiger partial charge in [0.05, 0.1) is 28.0 Å². The molecule has 3 aromatic rings. The van der Waals surface area contributed by atoms with Crippen LogP contribution in [0.25, 0.3) is 0 Å². The normalized spacial score (nSPS) is 13.0. The first-order valence-electron chi connectivity index (χ1n) is 7.96. The van der Waals surface area contributed by atoms with E-state index in [2.05, 4.69) is 10.3 Å². The largest absolute Gasteiger partial charge is 0.318 e. The lowest BCUT2D eigenvalue weighted by Gasteiger charge is -2.15. The Balaban J connectivity index is 1.61. The van der Waals surface area contributed by atoms with Gasteiger partial charge >= 0.3 is 0 Å². The van der Waals surface area contributed by atoms with Crippen molar-refractivity contribution in [3.63, 3.8) is 0 Å². The van der Waals surface area contributed by atoms with E-state index in [1.807, 2.05) is 0 Å². The molecule has 8 heteroatoms. The molecule has 0 spiro atoms. The maximum Gasteiger partial charge on any atom is 0.275 e. The topological polar surface area (TPSA) is 79.4 Å². The van der Waals surface area contributed by atoms with Crippen LogP contribution in [0.3, 0.4) is 0 Å². The maximum absolute atomic E-state index is 14.5. The third-order valence-electron chi connectivity index (χ3n) is 4.21. The number of amides is 3. The van der Waals surface area contributed by atoms with Gasteiger partial charge in [-0.05, 0) is 31.2 Å². The highest BCUT2D eigenvalue weighted by Gasteiger charge is 2.36. The number of anilines is 2. The molecule has 0 aliphatic carbocycles. The zero-order valence-electron chi connectivity index (χ0n) is 14.0. The van der Waals surface area contributed by atoms with Crippen molar-refractivity contribution < 1.29 is 18.8 Å². The number of carbonyl (C=O) groups excluding carboxylic acids is 3. The Labute approximate surface area is 157 Å². The molecule has 27 heavy (non-hydrogen) atoms. The lowest BCUT2D eigenvalue weighted by molar-refractivity contribution is 0.0924. The third-order valence-corrected chi connectivity index (χ3v) is 4.97.